The first-order chi connectivity index (χ1) is 15.7. The van der Waals surface area contributed by atoms with Crippen LogP contribution in [0.2, 0.25) is 0 Å². The Hall–Kier alpha value is -3.40. The summed E-state index contributed by atoms with van der Waals surface area (Å²) in [5, 5.41) is 12.6. The van der Waals surface area contributed by atoms with Gasteiger partial charge in [-0.3, -0.25) is 4.79 Å². The molecule has 0 saturated carbocycles. The Labute approximate surface area is 190 Å². The number of carbonyl (C=O) groups is 2. The van der Waals surface area contributed by atoms with Crippen molar-refractivity contribution in [3.63, 3.8) is 0 Å². The summed E-state index contributed by atoms with van der Waals surface area (Å²) in [7, 11) is -3.94. The molecule has 1 atom stereocenters. The third kappa shape index (κ3) is 3.28. The molecule has 1 saturated heterocycles. The Morgan fingerprint density at radius 3 is 2.70 bits per heavy atom. The largest absolute Gasteiger partial charge is 0.462 e. The first-order valence-electron chi connectivity index (χ1n) is 10.2. The smallest absolute Gasteiger partial charge is 0.339 e. The van der Waals surface area contributed by atoms with E-state index in [1.165, 1.54) is 29.4 Å². The van der Waals surface area contributed by atoms with E-state index in [4.69, 9.17) is 19.9 Å². The van der Waals surface area contributed by atoms with E-state index < -0.39 is 27.3 Å². The number of amides is 1. The second kappa shape index (κ2) is 8.18. The highest BCUT2D eigenvalue weighted by molar-refractivity contribution is 7.89. The van der Waals surface area contributed by atoms with Crippen LogP contribution in [0.5, 0.6) is 0 Å². The number of anilines is 1. The Balaban J connectivity index is 1.97. The summed E-state index contributed by atoms with van der Waals surface area (Å²) in [4.78, 5) is 26.3. The van der Waals surface area contributed by atoms with E-state index in [9.17, 15) is 23.3 Å². The molecule has 1 amide bonds. The highest BCUT2D eigenvalue weighted by atomic mass is 32.2. The highest BCUT2D eigenvalue weighted by Crippen LogP contribution is 2.52. The van der Waals surface area contributed by atoms with Crippen molar-refractivity contribution in [3.05, 3.63) is 46.6 Å². The van der Waals surface area contributed by atoms with Gasteiger partial charge in [-0.1, -0.05) is 0 Å². The van der Waals surface area contributed by atoms with Gasteiger partial charge in [0.15, 0.2) is 5.41 Å². The number of nitrogens with one attached hydrogen (secondary N) is 1. The number of carbonyl (C=O) groups excluding carboxylic acids is 2. The van der Waals surface area contributed by atoms with Crippen LogP contribution in [0.4, 0.5) is 5.69 Å². The van der Waals surface area contributed by atoms with Gasteiger partial charge in [0.2, 0.25) is 21.8 Å². The molecule has 0 radical (unpaired) electrons. The minimum Gasteiger partial charge on any atom is -0.462 e. The minimum absolute atomic E-state index is 0.00665. The lowest BCUT2D eigenvalue weighted by Crippen LogP contribution is -2.46. The Morgan fingerprint density at radius 1 is 1.36 bits per heavy atom. The molecule has 1 aromatic rings. The van der Waals surface area contributed by atoms with Crippen molar-refractivity contribution in [2.24, 2.45) is 5.73 Å². The number of nitriles is 1. The first-order valence-corrected chi connectivity index (χ1v) is 11.6. The second-order valence-electron chi connectivity index (χ2n) is 7.53. The van der Waals surface area contributed by atoms with E-state index in [0.29, 0.717) is 0 Å². The van der Waals surface area contributed by atoms with Gasteiger partial charge >= 0.3 is 5.97 Å². The van der Waals surface area contributed by atoms with Crippen molar-refractivity contribution >= 4 is 27.6 Å². The third-order valence-electron chi connectivity index (χ3n) is 5.79. The molecule has 1 fully saturated rings. The summed E-state index contributed by atoms with van der Waals surface area (Å²) in [6, 6.07) is 5.96. The normalized spacial score (nSPS) is 23.1. The summed E-state index contributed by atoms with van der Waals surface area (Å²) in [5.41, 5.74) is 3.74. The zero-order valence-electron chi connectivity index (χ0n) is 18.0. The van der Waals surface area contributed by atoms with Crippen molar-refractivity contribution in [1.82, 2.24) is 4.31 Å². The van der Waals surface area contributed by atoms with Crippen molar-refractivity contribution in [3.8, 4) is 6.07 Å². The van der Waals surface area contributed by atoms with Crippen LogP contribution in [-0.2, 0) is 39.2 Å². The van der Waals surface area contributed by atoms with Crippen LogP contribution in [0, 0.1) is 11.3 Å². The van der Waals surface area contributed by atoms with Crippen LogP contribution in [-0.4, -0.2) is 57.5 Å². The van der Waals surface area contributed by atoms with Gasteiger partial charge in [0.05, 0.1) is 24.7 Å². The molecule has 0 aliphatic carbocycles. The summed E-state index contributed by atoms with van der Waals surface area (Å²) in [5.74, 6) is -1.98. The fourth-order valence-electron chi connectivity index (χ4n) is 4.35. The average molecular weight is 474 g/mol. The van der Waals surface area contributed by atoms with Crippen LogP contribution in [0.3, 0.4) is 0 Å². The standard InChI is InChI=1S/C21H22N4O7S/c1-3-31-19(26)17-12(2)32-18(23)15(11-22)21(17)14-10-13(4-5-16(14)24-20(21)27)33(28,29)25-6-8-30-9-7-25/h4-5,10H,3,6-9,23H2,1-2H3,(H,24,27). The van der Waals surface area contributed by atoms with Gasteiger partial charge < -0.3 is 25.3 Å². The summed E-state index contributed by atoms with van der Waals surface area (Å²) >= 11 is 0. The number of rotatable bonds is 4. The van der Waals surface area contributed by atoms with Crippen LogP contribution >= 0.6 is 0 Å². The zero-order chi connectivity index (χ0) is 24.0. The topological polar surface area (TPSA) is 161 Å². The summed E-state index contributed by atoms with van der Waals surface area (Å²) < 4.78 is 43.6. The van der Waals surface area contributed by atoms with E-state index in [1.807, 2.05) is 6.07 Å². The molecule has 11 nitrogen and oxygen atoms in total. The van der Waals surface area contributed by atoms with E-state index in [2.05, 4.69) is 5.32 Å². The summed E-state index contributed by atoms with van der Waals surface area (Å²) in [6.45, 7) is 3.91. The number of hydrogen-bond donors (Lipinski definition) is 2. The number of fused-ring (bicyclic) bond motifs is 2. The van der Waals surface area contributed by atoms with Crippen molar-refractivity contribution in [1.29, 1.82) is 5.26 Å². The van der Waals surface area contributed by atoms with Crippen LogP contribution in [0.15, 0.2) is 45.9 Å². The van der Waals surface area contributed by atoms with Gasteiger partial charge in [-0.05, 0) is 32.0 Å². The molecule has 0 bridgehead atoms. The zero-order valence-corrected chi connectivity index (χ0v) is 18.8. The fraction of sp³-hybridized carbons (Fsp3) is 0.381. The van der Waals surface area contributed by atoms with E-state index in [0.717, 1.165) is 0 Å². The maximum Gasteiger partial charge on any atom is 0.339 e. The van der Waals surface area contributed by atoms with Crippen LogP contribution < -0.4 is 11.1 Å². The lowest BCUT2D eigenvalue weighted by atomic mass is 9.68. The fourth-order valence-corrected chi connectivity index (χ4v) is 5.79. The van der Waals surface area contributed by atoms with Gasteiger partial charge in [0, 0.05) is 24.3 Å². The lowest BCUT2D eigenvalue weighted by Gasteiger charge is -2.34. The molecule has 3 aliphatic rings. The predicted molar refractivity (Wildman–Crippen MR) is 114 cm³/mol. The molecule has 4 rings (SSSR count). The van der Waals surface area contributed by atoms with Gasteiger partial charge in [-0.2, -0.15) is 9.57 Å². The summed E-state index contributed by atoms with van der Waals surface area (Å²) in [6.07, 6.45) is 0. The lowest BCUT2D eigenvalue weighted by molar-refractivity contribution is -0.140. The van der Waals surface area contributed by atoms with Gasteiger partial charge in [-0.15, -0.1) is 0 Å². The highest BCUT2D eigenvalue weighted by Gasteiger charge is 2.60. The Morgan fingerprint density at radius 2 is 2.06 bits per heavy atom. The monoisotopic (exact) mass is 474 g/mol. The predicted octanol–water partition coefficient (Wildman–Crippen LogP) is 0.459. The second-order valence-corrected chi connectivity index (χ2v) is 9.47. The molecule has 3 heterocycles. The number of sulfonamides is 1. The molecular formula is C21H22N4O7S. The maximum atomic E-state index is 13.4. The van der Waals surface area contributed by atoms with E-state index in [-0.39, 0.29) is 71.8 Å². The first kappa shape index (κ1) is 22.8. The number of benzene rings is 1. The molecule has 1 aromatic carbocycles. The van der Waals surface area contributed by atoms with Gasteiger partial charge in [0.25, 0.3) is 0 Å². The molecule has 12 heteroatoms. The maximum absolute atomic E-state index is 13.4. The van der Waals surface area contributed by atoms with Gasteiger partial charge in [-0.25, -0.2) is 13.2 Å². The van der Waals surface area contributed by atoms with Gasteiger partial charge in [0.1, 0.15) is 23.0 Å². The van der Waals surface area contributed by atoms with Crippen LogP contribution in [0.1, 0.15) is 19.4 Å². The Bertz CT molecular complexity index is 1260. The molecule has 174 valence electrons. The molecule has 33 heavy (non-hydrogen) atoms. The molecule has 1 unspecified atom stereocenters. The van der Waals surface area contributed by atoms with Crippen molar-refractivity contribution in [2.75, 3.05) is 38.2 Å². The number of nitrogens with zero attached hydrogens (tertiary/aromatic N) is 2. The molecule has 3 N–H and O–H groups in total. The Kier molecular flexibility index (Phi) is 5.65. The third-order valence-corrected chi connectivity index (χ3v) is 7.69. The number of morpholine rings is 1. The molecule has 3 aliphatic heterocycles. The van der Waals surface area contributed by atoms with Crippen LogP contribution in [0.25, 0.3) is 0 Å². The minimum atomic E-state index is -3.94. The molecule has 0 aromatic heterocycles. The molecule has 1 spiro atoms. The quantitative estimate of drug-likeness (QED) is 0.591. The van der Waals surface area contributed by atoms with E-state index >= 15 is 0 Å². The van der Waals surface area contributed by atoms with E-state index in [1.54, 1.807) is 6.92 Å². The number of ether oxygens (including phenoxy) is 3. The molecular weight excluding hydrogens is 452 g/mol. The SMILES string of the molecule is CCOC(=O)C1=C(C)OC(N)=C(C#N)C12C(=O)Nc1ccc(S(=O)(=O)N3CCOCC3)cc12. The number of esters is 1. The number of nitrogens with two attached hydrogens (primary N) is 1. The van der Waals surface area contributed by atoms with Crippen molar-refractivity contribution in [2.45, 2.75) is 24.2 Å². The average Bonchev–Trinajstić information content (AvgIpc) is 3.06. The number of hydrogen-bond acceptors (Lipinski definition) is 9. The number of allylic oxidation sites excluding steroid dienone is 1. The van der Waals surface area contributed by atoms with Crippen molar-refractivity contribution < 1.29 is 32.2 Å².